The number of hydrogen-bond donors (Lipinski definition) is 1. The fourth-order valence-corrected chi connectivity index (χ4v) is 1.54. The van der Waals surface area contributed by atoms with Gasteiger partial charge >= 0.3 is 0 Å². The highest BCUT2D eigenvalue weighted by atomic mass is 19.1. The molecule has 0 atom stereocenters. The van der Waals surface area contributed by atoms with E-state index in [2.05, 4.69) is 5.32 Å². The zero-order chi connectivity index (χ0) is 14.5. The molecule has 0 fully saturated rings. The fourth-order valence-electron chi connectivity index (χ4n) is 1.54. The molecule has 4 heteroatoms. The Labute approximate surface area is 114 Å². The van der Waals surface area contributed by atoms with Crippen molar-refractivity contribution >= 4 is 0 Å². The average molecular weight is 271 g/mol. The molecule has 0 aromatic heterocycles. The Morgan fingerprint density at radius 3 is 2.21 bits per heavy atom. The van der Waals surface area contributed by atoms with Gasteiger partial charge < -0.3 is 10.1 Å². The number of unbranched alkanes of at least 4 members (excludes halogenated alkanes) is 1. The average Bonchev–Trinajstić information content (AvgIpc) is 2.29. The minimum absolute atomic E-state index is 0.0940. The van der Waals surface area contributed by atoms with Gasteiger partial charge in [-0.05, 0) is 44.9 Å². The summed E-state index contributed by atoms with van der Waals surface area (Å²) in [5.41, 5.74) is 0.483. The summed E-state index contributed by atoms with van der Waals surface area (Å²) in [5.74, 6) is -1.54. The number of nitrogens with one attached hydrogen (secondary N) is 1. The van der Waals surface area contributed by atoms with Crippen molar-refractivity contribution in [2.75, 3.05) is 6.61 Å². The maximum absolute atomic E-state index is 13.8. The van der Waals surface area contributed by atoms with Gasteiger partial charge in [0, 0.05) is 12.1 Å². The van der Waals surface area contributed by atoms with Gasteiger partial charge in [-0.3, -0.25) is 0 Å². The molecule has 1 N–H and O–H groups in total. The van der Waals surface area contributed by atoms with E-state index < -0.39 is 11.6 Å². The standard InChI is InChI=1S/C15H23F2NO/c1-5-6-7-19-14-12(16)8-11(9-13(14)17)10-18-15(2,3)4/h8-9,18H,5-7,10H2,1-4H3. The van der Waals surface area contributed by atoms with Crippen LogP contribution in [-0.4, -0.2) is 12.1 Å². The molecule has 0 aliphatic carbocycles. The highest BCUT2D eigenvalue weighted by Gasteiger charge is 2.14. The Balaban J connectivity index is 2.73. The van der Waals surface area contributed by atoms with Crippen molar-refractivity contribution in [2.45, 2.75) is 52.6 Å². The summed E-state index contributed by atoms with van der Waals surface area (Å²) in [6.07, 6.45) is 1.71. The van der Waals surface area contributed by atoms with Crippen LogP contribution in [0.25, 0.3) is 0 Å². The number of benzene rings is 1. The van der Waals surface area contributed by atoms with Crippen molar-refractivity contribution in [3.63, 3.8) is 0 Å². The third-order valence-corrected chi connectivity index (χ3v) is 2.63. The van der Waals surface area contributed by atoms with E-state index >= 15 is 0 Å². The van der Waals surface area contributed by atoms with Crippen LogP contribution in [0.2, 0.25) is 0 Å². The first kappa shape index (κ1) is 15.9. The molecule has 0 bridgehead atoms. The maximum Gasteiger partial charge on any atom is 0.190 e. The molecule has 0 saturated carbocycles. The molecule has 2 nitrogen and oxygen atoms in total. The van der Waals surface area contributed by atoms with Gasteiger partial charge in [0.2, 0.25) is 0 Å². The third-order valence-electron chi connectivity index (χ3n) is 2.63. The van der Waals surface area contributed by atoms with Crippen LogP contribution in [0.1, 0.15) is 46.1 Å². The first-order valence-electron chi connectivity index (χ1n) is 6.69. The van der Waals surface area contributed by atoms with E-state index in [1.54, 1.807) is 0 Å². The zero-order valence-electron chi connectivity index (χ0n) is 12.1. The van der Waals surface area contributed by atoms with Crippen LogP contribution in [0.3, 0.4) is 0 Å². The Morgan fingerprint density at radius 2 is 1.74 bits per heavy atom. The van der Waals surface area contributed by atoms with Gasteiger partial charge in [-0.1, -0.05) is 13.3 Å². The van der Waals surface area contributed by atoms with Gasteiger partial charge in [-0.25, -0.2) is 8.78 Å². The lowest BCUT2D eigenvalue weighted by Gasteiger charge is -2.20. The van der Waals surface area contributed by atoms with E-state index in [-0.39, 0.29) is 11.3 Å². The summed E-state index contributed by atoms with van der Waals surface area (Å²) < 4.78 is 32.7. The van der Waals surface area contributed by atoms with E-state index in [1.165, 1.54) is 12.1 Å². The Hall–Kier alpha value is -1.16. The van der Waals surface area contributed by atoms with E-state index in [0.717, 1.165) is 12.8 Å². The van der Waals surface area contributed by atoms with Crippen molar-refractivity contribution in [2.24, 2.45) is 0 Å². The van der Waals surface area contributed by atoms with Gasteiger partial charge in [0.05, 0.1) is 6.61 Å². The topological polar surface area (TPSA) is 21.3 Å². The predicted octanol–water partition coefficient (Wildman–Crippen LogP) is 4.03. The molecule has 1 aromatic carbocycles. The van der Waals surface area contributed by atoms with Crippen LogP contribution in [0.15, 0.2) is 12.1 Å². The van der Waals surface area contributed by atoms with Crippen LogP contribution in [0, 0.1) is 11.6 Å². The number of ether oxygens (including phenoxy) is 1. The van der Waals surface area contributed by atoms with E-state index in [9.17, 15) is 8.78 Å². The van der Waals surface area contributed by atoms with Crippen molar-refractivity contribution in [1.29, 1.82) is 0 Å². The highest BCUT2D eigenvalue weighted by molar-refractivity contribution is 5.31. The fraction of sp³-hybridized carbons (Fsp3) is 0.600. The molecule has 1 rings (SSSR count). The van der Waals surface area contributed by atoms with Crippen molar-refractivity contribution in [3.05, 3.63) is 29.3 Å². The second kappa shape index (κ2) is 6.85. The summed E-state index contributed by atoms with van der Waals surface area (Å²) in [7, 11) is 0. The molecular formula is C15H23F2NO. The predicted molar refractivity (Wildman–Crippen MR) is 73.4 cm³/mol. The van der Waals surface area contributed by atoms with Crippen LogP contribution in [0.4, 0.5) is 8.78 Å². The molecule has 19 heavy (non-hydrogen) atoms. The normalized spacial score (nSPS) is 11.7. The summed E-state index contributed by atoms with van der Waals surface area (Å²) in [5, 5.41) is 3.19. The molecule has 0 aliphatic heterocycles. The van der Waals surface area contributed by atoms with Gasteiger partial charge in [-0.2, -0.15) is 0 Å². The monoisotopic (exact) mass is 271 g/mol. The zero-order valence-corrected chi connectivity index (χ0v) is 12.1. The van der Waals surface area contributed by atoms with Crippen LogP contribution < -0.4 is 10.1 Å². The molecule has 0 unspecified atom stereocenters. The summed E-state index contributed by atoms with van der Waals surface area (Å²) in [6, 6.07) is 2.65. The Bertz CT molecular complexity index is 390. The van der Waals surface area contributed by atoms with Gasteiger partial charge in [0.25, 0.3) is 0 Å². The van der Waals surface area contributed by atoms with E-state index in [4.69, 9.17) is 4.74 Å². The second-order valence-electron chi connectivity index (χ2n) is 5.69. The van der Waals surface area contributed by atoms with Gasteiger partial charge in [0.15, 0.2) is 17.4 Å². The second-order valence-corrected chi connectivity index (χ2v) is 5.69. The smallest absolute Gasteiger partial charge is 0.190 e. The molecular weight excluding hydrogens is 248 g/mol. The lowest BCUT2D eigenvalue weighted by atomic mass is 10.1. The van der Waals surface area contributed by atoms with Crippen LogP contribution in [0.5, 0.6) is 5.75 Å². The van der Waals surface area contributed by atoms with Gasteiger partial charge in [0.1, 0.15) is 0 Å². The minimum atomic E-state index is -0.637. The molecule has 0 amide bonds. The molecule has 0 radical (unpaired) electrons. The summed E-state index contributed by atoms with van der Waals surface area (Å²) in [4.78, 5) is 0. The number of halogens is 2. The largest absolute Gasteiger partial charge is 0.488 e. The van der Waals surface area contributed by atoms with Crippen molar-refractivity contribution in [1.82, 2.24) is 5.32 Å². The Kier molecular flexibility index (Phi) is 5.73. The summed E-state index contributed by atoms with van der Waals surface area (Å²) >= 11 is 0. The first-order chi connectivity index (χ1) is 8.83. The van der Waals surface area contributed by atoms with Crippen LogP contribution >= 0.6 is 0 Å². The molecule has 1 aromatic rings. The SMILES string of the molecule is CCCCOc1c(F)cc(CNC(C)(C)C)cc1F. The number of hydrogen-bond acceptors (Lipinski definition) is 2. The quantitative estimate of drug-likeness (QED) is 0.789. The maximum atomic E-state index is 13.8. The number of rotatable bonds is 6. The summed E-state index contributed by atoms with van der Waals surface area (Å²) in [6.45, 7) is 8.76. The molecule has 108 valence electrons. The lowest BCUT2D eigenvalue weighted by Crippen LogP contribution is -2.35. The van der Waals surface area contributed by atoms with Crippen molar-refractivity contribution < 1.29 is 13.5 Å². The minimum Gasteiger partial charge on any atom is -0.488 e. The molecule has 0 spiro atoms. The molecule has 0 heterocycles. The lowest BCUT2D eigenvalue weighted by molar-refractivity contribution is 0.278. The third kappa shape index (κ3) is 5.55. The first-order valence-corrected chi connectivity index (χ1v) is 6.69. The molecule has 0 saturated heterocycles. The molecule has 0 aliphatic rings. The van der Waals surface area contributed by atoms with Gasteiger partial charge in [-0.15, -0.1) is 0 Å². The van der Waals surface area contributed by atoms with Crippen LogP contribution in [-0.2, 0) is 6.54 Å². The van der Waals surface area contributed by atoms with E-state index in [1.807, 2.05) is 27.7 Å². The van der Waals surface area contributed by atoms with Crippen molar-refractivity contribution in [3.8, 4) is 5.75 Å². The Morgan fingerprint density at radius 1 is 1.16 bits per heavy atom. The van der Waals surface area contributed by atoms with E-state index in [0.29, 0.717) is 18.7 Å². The highest BCUT2D eigenvalue weighted by Crippen LogP contribution is 2.23.